The van der Waals surface area contributed by atoms with Crippen LogP contribution < -0.4 is 4.74 Å². The first kappa shape index (κ1) is 20.7. The molecule has 0 aromatic heterocycles. The molecule has 3 aliphatic heterocycles. The largest absolute Gasteiger partial charge is 0.497 e. The average molecular weight is 435 g/mol. The molecule has 166 valence electrons. The summed E-state index contributed by atoms with van der Waals surface area (Å²) in [6.45, 7) is 3.78. The number of ether oxygens (including phenoxy) is 2. The van der Waals surface area contributed by atoms with E-state index in [2.05, 4.69) is 4.90 Å². The van der Waals surface area contributed by atoms with Crippen LogP contribution in [0.3, 0.4) is 0 Å². The van der Waals surface area contributed by atoms with Crippen LogP contribution in [0.4, 0.5) is 0 Å². The number of fused-ring (bicyclic) bond motifs is 1. The Kier molecular flexibility index (Phi) is 5.58. The van der Waals surface area contributed by atoms with Gasteiger partial charge in [-0.15, -0.1) is 0 Å². The summed E-state index contributed by atoms with van der Waals surface area (Å²) in [5.74, 6) is 1.58. The Balaban J connectivity index is 1.27. The summed E-state index contributed by atoms with van der Waals surface area (Å²) in [4.78, 5) is 2.52. The van der Waals surface area contributed by atoms with Gasteiger partial charge in [-0.25, -0.2) is 8.42 Å². The molecule has 4 fully saturated rings. The van der Waals surface area contributed by atoms with Crippen molar-refractivity contribution in [2.24, 2.45) is 5.92 Å². The average Bonchev–Trinajstić information content (AvgIpc) is 3.12. The molecule has 3 atom stereocenters. The smallest absolute Gasteiger partial charge is 0.220 e. The fraction of sp³-hybridized carbons (Fsp3) is 0.739. The summed E-state index contributed by atoms with van der Waals surface area (Å²) in [5.41, 5.74) is 0.561. The summed E-state index contributed by atoms with van der Waals surface area (Å²) in [6, 6.07) is 7.89. The van der Waals surface area contributed by atoms with Crippen LogP contribution in [0.25, 0.3) is 0 Å². The second-order valence-electron chi connectivity index (χ2n) is 9.71. The molecule has 2 bridgehead atoms. The van der Waals surface area contributed by atoms with E-state index in [1.54, 1.807) is 11.4 Å². The predicted molar refractivity (Wildman–Crippen MR) is 116 cm³/mol. The molecule has 5 rings (SSSR count). The molecule has 4 aliphatic rings. The Hall–Kier alpha value is -1.15. The number of benzene rings is 1. The lowest BCUT2D eigenvalue weighted by atomic mass is 9.88. The number of hydrogen-bond donors (Lipinski definition) is 0. The third-order valence-electron chi connectivity index (χ3n) is 7.61. The molecule has 3 heterocycles. The van der Waals surface area contributed by atoms with Gasteiger partial charge in [0.2, 0.25) is 10.0 Å². The Labute approximate surface area is 180 Å². The zero-order chi connectivity index (χ0) is 20.8. The van der Waals surface area contributed by atoms with Crippen molar-refractivity contribution in [1.29, 1.82) is 0 Å². The molecule has 0 radical (unpaired) electrons. The summed E-state index contributed by atoms with van der Waals surface area (Å²) in [7, 11) is -1.67. The van der Waals surface area contributed by atoms with Gasteiger partial charge in [-0.05, 0) is 49.3 Å². The number of likely N-dealkylation sites (tertiary alicyclic amines) is 1. The fourth-order valence-corrected chi connectivity index (χ4v) is 8.51. The van der Waals surface area contributed by atoms with Crippen LogP contribution in [-0.4, -0.2) is 74.4 Å². The van der Waals surface area contributed by atoms with Crippen molar-refractivity contribution in [3.05, 3.63) is 29.8 Å². The number of morpholine rings is 1. The zero-order valence-corrected chi connectivity index (χ0v) is 18.8. The van der Waals surface area contributed by atoms with E-state index in [0.29, 0.717) is 25.9 Å². The monoisotopic (exact) mass is 434 g/mol. The van der Waals surface area contributed by atoms with Crippen LogP contribution in [0.15, 0.2) is 24.3 Å². The van der Waals surface area contributed by atoms with Gasteiger partial charge in [-0.3, -0.25) is 4.90 Å². The topological polar surface area (TPSA) is 59.1 Å². The highest BCUT2D eigenvalue weighted by Gasteiger charge is 2.64. The van der Waals surface area contributed by atoms with Crippen molar-refractivity contribution in [1.82, 2.24) is 9.21 Å². The van der Waals surface area contributed by atoms with Gasteiger partial charge in [0.25, 0.3) is 0 Å². The first-order valence-electron chi connectivity index (χ1n) is 11.5. The van der Waals surface area contributed by atoms with E-state index in [0.717, 1.165) is 36.9 Å². The standard InChI is InChI=1S/C23H34N2O4S/c1-28-20-9-5-8-18(12-20)10-11-25-17-23-16-24(14-19-6-3-2-4-7-19)15-21(29-23)13-22(23)30(25,26)27/h5,8-9,12,19,21-22H,2-4,6-7,10-11,13-17H2,1H3/t21-,22+,23+/m1/s1. The van der Waals surface area contributed by atoms with Crippen molar-refractivity contribution < 1.29 is 17.9 Å². The number of hydrogen-bond acceptors (Lipinski definition) is 5. The first-order chi connectivity index (χ1) is 14.5. The minimum Gasteiger partial charge on any atom is -0.497 e. The Morgan fingerprint density at radius 1 is 1.20 bits per heavy atom. The second kappa shape index (κ2) is 8.08. The molecule has 0 unspecified atom stereocenters. The molecule has 7 heteroatoms. The van der Waals surface area contributed by atoms with Gasteiger partial charge >= 0.3 is 0 Å². The SMILES string of the molecule is COc1cccc(CCN2C[C@@]34CN(CC5CCCCC5)C[C@@H](C[C@@H]3S2(=O)=O)O4)c1. The summed E-state index contributed by atoms with van der Waals surface area (Å²) < 4.78 is 40.1. The van der Waals surface area contributed by atoms with Gasteiger partial charge in [-0.2, -0.15) is 4.31 Å². The lowest BCUT2D eigenvalue weighted by molar-refractivity contribution is -0.111. The maximum Gasteiger partial charge on any atom is 0.220 e. The highest BCUT2D eigenvalue weighted by Crippen LogP contribution is 2.46. The normalized spacial score (nSPS) is 34.2. The van der Waals surface area contributed by atoms with Gasteiger partial charge in [0.05, 0.1) is 13.2 Å². The van der Waals surface area contributed by atoms with Crippen molar-refractivity contribution in [3.63, 3.8) is 0 Å². The lowest BCUT2D eigenvalue weighted by Crippen LogP contribution is -2.55. The minimum atomic E-state index is -3.32. The molecule has 1 spiro atoms. The van der Waals surface area contributed by atoms with Crippen LogP contribution in [0, 0.1) is 5.92 Å². The van der Waals surface area contributed by atoms with Crippen molar-refractivity contribution in [3.8, 4) is 5.75 Å². The minimum absolute atomic E-state index is 0.0719. The summed E-state index contributed by atoms with van der Waals surface area (Å²) in [6.07, 6.45) is 8.12. The quantitative estimate of drug-likeness (QED) is 0.689. The maximum absolute atomic E-state index is 13.4. The van der Waals surface area contributed by atoms with Crippen LogP contribution in [-0.2, 0) is 21.2 Å². The van der Waals surface area contributed by atoms with Crippen molar-refractivity contribution >= 4 is 10.0 Å². The molecular formula is C23H34N2O4S. The fourth-order valence-electron chi connectivity index (χ4n) is 6.20. The van der Waals surface area contributed by atoms with Crippen molar-refractivity contribution in [2.75, 3.05) is 39.8 Å². The van der Waals surface area contributed by atoms with E-state index < -0.39 is 15.6 Å². The number of sulfonamides is 1. The molecule has 30 heavy (non-hydrogen) atoms. The van der Waals surface area contributed by atoms with Crippen molar-refractivity contribution in [2.45, 2.75) is 61.9 Å². The highest BCUT2D eigenvalue weighted by molar-refractivity contribution is 7.90. The van der Waals surface area contributed by atoms with E-state index in [9.17, 15) is 8.42 Å². The number of nitrogens with zero attached hydrogens (tertiary/aromatic N) is 2. The second-order valence-corrected chi connectivity index (χ2v) is 11.8. The van der Waals surface area contributed by atoms with E-state index in [-0.39, 0.29) is 11.4 Å². The van der Waals surface area contributed by atoms with E-state index in [1.165, 1.54) is 32.1 Å². The van der Waals surface area contributed by atoms with Gasteiger partial charge in [-0.1, -0.05) is 31.4 Å². The van der Waals surface area contributed by atoms with Gasteiger partial charge in [0.15, 0.2) is 0 Å². The van der Waals surface area contributed by atoms with Gasteiger partial charge < -0.3 is 9.47 Å². The van der Waals surface area contributed by atoms with E-state index >= 15 is 0 Å². The molecule has 6 nitrogen and oxygen atoms in total. The van der Waals surface area contributed by atoms with E-state index in [4.69, 9.17) is 9.47 Å². The number of methoxy groups -OCH3 is 1. The van der Waals surface area contributed by atoms with Crippen LogP contribution in [0.1, 0.15) is 44.1 Å². The van der Waals surface area contributed by atoms with Crippen LogP contribution in [0.2, 0.25) is 0 Å². The molecule has 0 N–H and O–H groups in total. The van der Waals surface area contributed by atoms with Crippen LogP contribution in [0.5, 0.6) is 5.75 Å². The zero-order valence-electron chi connectivity index (χ0n) is 18.0. The molecule has 3 saturated heterocycles. The highest BCUT2D eigenvalue weighted by atomic mass is 32.2. The molecule has 1 aromatic carbocycles. The lowest BCUT2D eigenvalue weighted by Gasteiger charge is -2.41. The summed E-state index contributed by atoms with van der Waals surface area (Å²) in [5, 5.41) is -0.378. The Morgan fingerprint density at radius 2 is 2.03 bits per heavy atom. The molecule has 1 aromatic rings. The predicted octanol–water partition coefficient (Wildman–Crippen LogP) is 2.68. The third-order valence-corrected chi connectivity index (χ3v) is 9.98. The maximum atomic E-state index is 13.4. The third kappa shape index (κ3) is 3.78. The summed E-state index contributed by atoms with van der Waals surface area (Å²) >= 11 is 0. The number of rotatable bonds is 6. The van der Waals surface area contributed by atoms with E-state index in [1.807, 2.05) is 24.3 Å². The Bertz CT molecular complexity index is 870. The molecule has 1 aliphatic carbocycles. The van der Waals surface area contributed by atoms with Crippen LogP contribution >= 0.6 is 0 Å². The van der Waals surface area contributed by atoms with Gasteiger partial charge in [0.1, 0.15) is 16.6 Å². The Morgan fingerprint density at radius 3 is 2.83 bits per heavy atom. The van der Waals surface area contributed by atoms with Gasteiger partial charge in [0, 0.05) is 32.7 Å². The molecular weight excluding hydrogens is 400 g/mol. The molecule has 0 amide bonds. The first-order valence-corrected chi connectivity index (χ1v) is 13.0. The molecule has 1 saturated carbocycles.